The van der Waals surface area contributed by atoms with Crippen LogP contribution in [0.15, 0.2) is 23.5 Å². The number of aromatic nitrogens is 3. The first-order valence-electron chi connectivity index (χ1n) is 11.3. The van der Waals surface area contributed by atoms with Gasteiger partial charge in [0.05, 0.1) is 24.6 Å². The zero-order valence-corrected chi connectivity index (χ0v) is 19.9. The Balaban J connectivity index is 1.59. The lowest BCUT2D eigenvalue weighted by molar-refractivity contribution is -0.219. The minimum Gasteiger partial charge on any atom is -0.394 e. The Labute approximate surface area is 200 Å². The lowest BCUT2D eigenvalue weighted by atomic mass is 9.85. The quantitative estimate of drug-likeness (QED) is 0.589. The summed E-state index contributed by atoms with van der Waals surface area (Å²) in [5.74, 6) is -4.30. The van der Waals surface area contributed by atoms with Crippen molar-refractivity contribution in [2.24, 2.45) is 10.6 Å². The highest BCUT2D eigenvalue weighted by atomic mass is 19.2. The SMILES string of the molecule is CO[C@@H]1[C@@H](n2cc(-c3cc(F)c(F)c(F)c3)nn2)[C@@H](O)[C@@H](CO)O[C@@H]1C[C@H]1CC(C(C)(C)C)=NO1. The molecule has 9 nitrogen and oxygen atoms in total. The zero-order valence-electron chi connectivity index (χ0n) is 19.9. The molecule has 3 heterocycles. The fraction of sp³-hybridized carbons (Fsp3) is 0.609. The normalized spacial score (nSPS) is 29.2. The van der Waals surface area contributed by atoms with E-state index in [1.807, 2.05) is 20.8 Å². The minimum atomic E-state index is -1.58. The molecule has 0 spiro atoms. The number of nitrogens with zero attached hydrogens (tertiary/aromatic N) is 4. The van der Waals surface area contributed by atoms with Gasteiger partial charge in [-0.05, 0) is 12.1 Å². The Hall–Kier alpha value is -2.54. The molecule has 2 N–H and O–H groups in total. The van der Waals surface area contributed by atoms with Gasteiger partial charge in [-0.15, -0.1) is 5.10 Å². The van der Waals surface area contributed by atoms with Crippen molar-refractivity contribution in [1.29, 1.82) is 0 Å². The van der Waals surface area contributed by atoms with Gasteiger partial charge in [-0.1, -0.05) is 31.1 Å². The van der Waals surface area contributed by atoms with E-state index in [0.717, 1.165) is 17.8 Å². The summed E-state index contributed by atoms with van der Waals surface area (Å²) in [5.41, 5.74) is 0.814. The number of hydrogen-bond acceptors (Lipinski definition) is 8. The van der Waals surface area contributed by atoms with Crippen molar-refractivity contribution in [3.05, 3.63) is 35.8 Å². The van der Waals surface area contributed by atoms with Crippen LogP contribution in [-0.4, -0.2) is 75.2 Å². The molecule has 2 aromatic rings. The van der Waals surface area contributed by atoms with Gasteiger partial charge in [-0.3, -0.25) is 0 Å². The van der Waals surface area contributed by atoms with Gasteiger partial charge in [0.15, 0.2) is 17.5 Å². The molecule has 35 heavy (non-hydrogen) atoms. The second-order valence-electron chi connectivity index (χ2n) is 9.87. The van der Waals surface area contributed by atoms with Crippen LogP contribution in [0.25, 0.3) is 11.3 Å². The predicted molar refractivity (Wildman–Crippen MR) is 118 cm³/mol. The number of methoxy groups -OCH3 is 1. The van der Waals surface area contributed by atoms with E-state index in [-0.39, 0.29) is 22.8 Å². The fourth-order valence-corrected chi connectivity index (χ4v) is 4.47. The summed E-state index contributed by atoms with van der Waals surface area (Å²) in [7, 11) is 1.45. The van der Waals surface area contributed by atoms with Crippen LogP contribution < -0.4 is 0 Å². The molecule has 1 aromatic carbocycles. The lowest BCUT2D eigenvalue weighted by Crippen LogP contribution is -2.57. The summed E-state index contributed by atoms with van der Waals surface area (Å²) < 4.78 is 53.7. The van der Waals surface area contributed by atoms with Crippen LogP contribution in [-0.2, 0) is 14.3 Å². The van der Waals surface area contributed by atoms with E-state index in [1.165, 1.54) is 18.0 Å². The van der Waals surface area contributed by atoms with Crippen LogP contribution in [0, 0.1) is 22.9 Å². The smallest absolute Gasteiger partial charge is 0.194 e. The summed E-state index contributed by atoms with van der Waals surface area (Å²) in [5, 5.41) is 32.9. The standard InChI is InChI=1S/C23H29F3N4O5/c1-23(2,3)18-8-12(35-28-18)7-16-22(33-4)20(21(32)17(10-31)34-16)30-9-15(27-29-30)11-5-13(24)19(26)14(25)6-11/h5-6,9,12,16-17,20-22,31-32H,7-8,10H2,1-4H3/t12-,16+,17+,20-,21-,22-/m0/s1. The number of aliphatic hydroxyl groups is 2. The third-order valence-electron chi connectivity index (χ3n) is 6.42. The van der Waals surface area contributed by atoms with Gasteiger partial charge in [0, 0.05) is 30.9 Å². The Morgan fingerprint density at radius 2 is 1.86 bits per heavy atom. The van der Waals surface area contributed by atoms with Gasteiger partial charge in [0.2, 0.25) is 0 Å². The van der Waals surface area contributed by atoms with Gasteiger partial charge < -0.3 is 24.5 Å². The van der Waals surface area contributed by atoms with E-state index in [9.17, 15) is 23.4 Å². The van der Waals surface area contributed by atoms with E-state index in [2.05, 4.69) is 15.5 Å². The van der Waals surface area contributed by atoms with Crippen molar-refractivity contribution in [2.75, 3.05) is 13.7 Å². The average molecular weight is 499 g/mol. The molecule has 1 fully saturated rings. The maximum Gasteiger partial charge on any atom is 0.194 e. The molecule has 192 valence electrons. The molecule has 1 aromatic heterocycles. The number of ether oxygens (including phenoxy) is 2. The molecule has 0 bridgehead atoms. The highest BCUT2D eigenvalue weighted by Crippen LogP contribution is 2.36. The van der Waals surface area contributed by atoms with Gasteiger partial charge in [-0.25, -0.2) is 17.9 Å². The van der Waals surface area contributed by atoms with Crippen molar-refractivity contribution >= 4 is 5.71 Å². The molecule has 0 saturated carbocycles. The van der Waals surface area contributed by atoms with Crippen LogP contribution in [0.5, 0.6) is 0 Å². The van der Waals surface area contributed by atoms with Crippen molar-refractivity contribution in [3.8, 4) is 11.3 Å². The van der Waals surface area contributed by atoms with E-state index >= 15 is 0 Å². The summed E-state index contributed by atoms with van der Waals surface area (Å²) in [6, 6.07) is 0.770. The number of halogens is 3. The molecule has 0 aliphatic carbocycles. The summed E-state index contributed by atoms with van der Waals surface area (Å²) in [6.07, 6.45) is -1.44. The van der Waals surface area contributed by atoms with E-state index < -0.39 is 54.5 Å². The first kappa shape index (κ1) is 25.5. The monoisotopic (exact) mass is 498 g/mol. The number of aliphatic hydroxyl groups excluding tert-OH is 2. The number of oxime groups is 1. The molecular formula is C23H29F3N4O5. The third kappa shape index (κ3) is 5.06. The first-order valence-corrected chi connectivity index (χ1v) is 11.3. The second-order valence-corrected chi connectivity index (χ2v) is 9.87. The third-order valence-corrected chi connectivity index (χ3v) is 6.42. The fourth-order valence-electron chi connectivity index (χ4n) is 4.47. The molecule has 4 rings (SSSR count). The van der Waals surface area contributed by atoms with Crippen LogP contribution in [0.4, 0.5) is 13.2 Å². The number of hydrogen-bond donors (Lipinski definition) is 2. The van der Waals surface area contributed by atoms with Crippen molar-refractivity contribution in [3.63, 3.8) is 0 Å². The molecule has 12 heteroatoms. The van der Waals surface area contributed by atoms with Gasteiger partial charge >= 0.3 is 0 Å². The minimum absolute atomic E-state index is 0.0235. The number of benzene rings is 1. The van der Waals surface area contributed by atoms with Gasteiger partial charge in [0.25, 0.3) is 0 Å². The Morgan fingerprint density at radius 3 is 2.43 bits per heavy atom. The summed E-state index contributed by atoms with van der Waals surface area (Å²) in [4.78, 5) is 5.61. The van der Waals surface area contributed by atoms with Gasteiger partial charge in [-0.2, -0.15) is 0 Å². The average Bonchev–Trinajstić information content (AvgIpc) is 3.47. The van der Waals surface area contributed by atoms with E-state index in [0.29, 0.717) is 12.8 Å². The molecule has 0 amide bonds. The molecule has 0 unspecified atom stereocenters. The zero-order chi connectivity index (χ0) is 25.5. The Morgan fingerprint density at radius 1 is 1.17 bits per heavy atom. The van der Waals surface area contributed by atoms with Crippen LogP contribution in [0.3, 0.4) is 0 Å². The number of rotatable bonds is 6. The Kier molecular flexibility index (Phi) is 7.18. The van der Waals surface area contributed by atoms with Crippen LogP contribution in [0.2, 0.25) is 0 Å². The summed E-state index contributed by atoms with van der Waals surface area (Å²) >= 11 is 0. The van der Waals surface area contributed by atoms with Crippen molar-refractivity contribution in [2.45, 2.75) is 70.2 Å². The molecule has 0 radical (unpaired) electrons. The molecule has 2 aliphatic heterocycles. The topological polar surface area (TPSA) is 111 Å². The highest BCUT2D eigenvalue weighted by Gasteiger charge is 2.48. The van der Waals surface area contributed by atoms with Crippen LogP contribution in [0.1, 0.15) is 39.7 Å². The van der Waals surface area contributed by atoms with E-state index in [1.54, 1.807) is 0 Å². The van der Waals surface area contributed by atoms with Crippen molar-refractivity contribution in [1.82, 2.24) is 15.0 Å². The van der Waals surface area contributed by atoms with E-state index in [4.69, 9.17) is 14.3 Å². The maximum atomic E-state index is 13.7. The first-order chi connectivity index (χ1) is 16.5. The molecule has 1 saturated heterocycles. The largest absolute Gasteiger partial charge is 0.394 e. The summed E-state index contributed by atoms with van der Waals surface area (Å²) in [6.45, 7) is 5.67. The maximum absolute atomic E-state index is 13.7. The Bertz CT molecular complexity index is 1070. The molecule has 2 aliphatic rings. The highest BCUT2D eigenvalue weighted by molar-refractivity contribution is 5.90. The van der Waals surface area contributed by atoms with Crippen LogP contribution >= 0.6 is 0 Å². The van der Waals surface area contributed by atoms with Gasteiger partial charge in [0.1, 0.15) is 36.2 Å². The second kappa shape index (κ2) is 9.84. The molecule has 6 atom stereocenters. The van der Waals surface area contributed by atoms with Crippen molar-refractivity contribution < 1.29 is 37.7 Å². The molecular weight excluding hydrogens is 469 g/mol. The predicted octanol–water partition coefficient (Wildman–Crippen LogP) is 2.62. The lowest BCUT2D eigenvalue weighted by Gasteiger charge is -2.44.